The van der Waals surface area contributed by atoms with Gasteiger partial charge in [0.2, 0.25) is 5.91 Å². The molecular weight excluding hydrogens is 316 g/mol. The summed E-state index contributed by atoms with van der Waals surface area (Å²) < 4.78 is 0. The fourth-order valence-electron chi connectivity index (χ4n) is 2.98. The summed E-state index contributed by atoms with van der Waals surface area (Å²) in [5, 5.41) is 22.8. The molecule has 3 aromatic rings. The highest BCUT2D eigenvalue weighted by Gasteiger charge is 2.14. The Bertz CT molecular complexity index is 868. The van der Waals surface area contributed by atoms with Crippen molar-refractivity contribution in [2.75, 3.05) is 6.61 Å². The molecule has 0 aliphatic heterocycles. The summed E-state index contributed by atoms with van der Waals surface area (Å²) >= 11 is 0. The Hall–Kier alpha value is -2.79. The number of aliphatic hydroxyl groups excluding tert-OH is 1. The molecule has 0 aliphatic rings. The SMILES string of the molecule is Cc1ccc2c(CC(=O)N[C@H](CO)Cc3ccc(O)cc3)c[nH]c2c1. The van der Waals surface area contributed by atoms with E-state index in [0.29, 0.717) is 6.42 Å². The number of fused-ring (bicyclic) bond motifs is 1. The van der Waals surface area contributed by atoms with Gasteiger partial charge < -0.3 is 20.5 Å². The first-order chi connectivity index (χ1) is 12.0. The monoisotopic (exact) mass is 338 g/mol. The van der Waals surface area contributed by atoms with E-state index >= 15 is 0 Å². The van der Waals surface area contributed by atoms with Crippen LogP contribution >= 0.6 is 0 Å². The molecule has 1 atom stereocenters. The molecule has 0 fully saturated rings. The third kappa shape index (κ3) is 4.19. The molecule has 5 heteroatoms. The Kier molecular flexibility index (Phi) is 5.05. The second-order valence-electron chi connectivity index (χ2n) is 6.36. The number of aryl methyl sites for hydroxylation is 1. The molecule has 1 amide bonds. The van der Waals surface area contributed by atoms with Gasteiger partial charge in [-0.1, -0.05) is 24.3 Å². The predicted molar refractivity (Wildman–Crippen MR) is 97.6 cm³/mol. The summed E-state index contributed by atoms with van der Waals surface area (Å²) in [6, 6.07) is 12.5. The third-order valence-electron chi connectivity index (χ3n) is 4.28. The minimum Gasteiger partial charge on any atom is -0.508 e. The van der Waals surface area contributed by atoms with E-state index in [1.165, 1.54) is 5.56 Å². The van der Waals surface area contributed by atoms with E-state index < -0.39 is 0 Å². The van der Waals surface area contributed by atoms with Crippen molar-refractivity contribution in [3.05, 3.63) is 65.4 Å². The Morgan fingerprint density at radius 1 is 1.20 bits per heavy atom. The predicted octanol–water partition coefficient (Wildman–Crippen LogP) is 2.44. The molecule has 0 saturated heterocycles. The molecule has 0 unspecified atom stereocenters. The van der Waals surface area contributed by atoms with Gasteiger partial charge in [0.25, 0.3) is 0 Å². The molecule has 4 N–H and O–H groups in total. The molecule has 3 rings (SSSR count). The number of amides is 1. The lowest BCUT2D eigenvalue weighted by Crippen LogP contribution is -2.39. The van der Waals surface area contributed by atoms with Crippen molar-refractivity contribution in [3.63, 3.8) is 0 Å². The fraction of sp³-hybridized carbons (Fsp3) is 0.250. The van der Waals surface area contributed by atoms with Crippen LogP contribution in [0.1, 0.15) is 16.7 Å². The lowest BCUT2D eigenvalue weighted by Gasteiger charge is -2.16. The second-order valence-corrected chi connectivity index (χ2v) is 6.36. The first-order valence-electron chi connectivity index (χ1n) is 8.30. The Morgan fingerprint density at radius 2 is 1.96 bits per heavy atom. The number of carbonyl (C=O) groups excluding carboxylic acids is 1. The number of aromatic nitrogens is 1. The molecule has 5 nitrogen and oxygen atoms in total. The van der Waals surface area contributed by atoms with Gasteiger partial charge in [0.15, 0.2) is 0 Å². The molecule has 2 aromatic carbocycles. The van der Waals surface area contributed by atoms with Crippen LogP contribution < -0.4 is 5.32 Å². The lowest BCUT2D eigenvalue weighted by atomic mass is 10.1. The van der Waals surface area contributed by atoms with Gasteiger partial charge in [0.05, 0.1) is 19.1 Å². The third-order valence-corrected chi connectivity index (χ3v) is 4.28. The maximum absolute atomic E-state index is 12.4. The van der Waals surface area contributed by atoms with Crippen LogP contribution in [0.15, 0.2) is 48.7 Å². The number of benzene rings is 2. The minimum atomic E-state index is -0.357. The van der Waals surface area contributed by atoms with Crippen molar-refractivity contribution in [2.45, 2.75) is 25.8 Å². The van der Waals surface area contributed by atoms with Crippen LogP contribution in [-0.2, 0) is 17.6 Å². The number of carbonyl (C=O) groups is 1. The van der Waals surface area contributed by atoms with Crippen molar-refractivity contribution in [1.82, 2.24) is 10.3 Å². The Balaban J connectivity index is 1.64. The number of aliphatic hydroxyl groups is 1. The number of hydrogen-bond acceptors (Lipinski definition) is 3. The van der Waals surface area contributed by atoms with E-state index in [4.69, 9.17) is 0 Å². The highest BCUT2D eigenvalue weighted by atomic mass is 16.3. The highest BCUT2D eigenvalue weighted by molar-refractivity contribution is 5.89. The zero-order valence-corrected chi connectivity index (χ0v) is 14.1. The standard InChI is InChI=1S/C20H22N2O3/c1-13-2-7-18-15(11-21-19(18)8-13)10-20(25)22-16(12-23)9-14-3-5-17(24)6-4-14/h2-8,11,16,21,23-24H,9-10,12H2,1H3,(H,22,25)/t16-/m0/s1. The van der Waals surface area contributed by atoms with Crippen LogP contribution in [0.5, 0.6) is 5.75 Å². The first kappa shape index (κ1) is 17.0. The van der Waals surface area contributed by atoms with Gasteiger partial charge in [-0.3, -0.25) is 4.79 Å². The van der Waals surface area contributed by atoms with Crippen LogP contribution in [0.3, 0.4) is 0 Å². The summed E-state index contributed by atoms with van der Waals surface area (Å²) in [4.78, 5) is 15.6. The van der Waals surface area contributed by atoms with Crippen LogP contribution in [0.4, 0.5) is 0 Å². The number of phenols is 1. The summed E-state index contributed by atoms with van der Waals surface area (Å²) in [5.74, 6) is 0.0715. The Morgan fingerprint density at radius 3 is 2.68 bits per heavy atom. The zero-order valence-electron chi connectivity index (χ0n) is 14.1. The van der Waals surface area contributed by atoms with Gasteiger partial charge in [-0.2, -0.15) is 0 Å². The molecule has 0 aliphatic carbocycles. The fourth-order valence-corrected chi connectivity index (χ4v) is 2.98. The molecule has 0 spiro atoms. The molecule has 25 heavy (non-hydrogen) atoms. The van der Waals surface area contributed by atoms with Gasteiger partial charge in [0, 0.05) is 17.1 Å². The largest absolute Gasteiger partial charge is 0.508 e. The molecule has 0 radical (unpaired) electrons. The van der Waals surface area contributed by atoms with E-state index in [0.717, 1.165) is 22.0 Å². The van der Waals surface area contributed by atoms with Gasteiger partial charge >= 0.3 is 0 Å². The van der Waals surface area contributed by atoms with Crippen molar-refractivity contribution < 1.29 is 15.0 Å². The maximum Gasteiger partial charge on any atom is 0.224 e. The number of phenolic OH excluding ortho intramolecular Hbond substituents is 1. The highest BCUT2D eigenvalue weighted by Crippen LogP contribution is 2.20. The van der Waals surface area contributed by atoms with Crippen LogP contribution in [0.2, 0.25) is 0 Å². The summed E-state index contributed by atoms with van der Waals surface area (Å²) in [6.45, 7) is 1.89. The van der Waals surface area contributed by atoms with E-state index in [1.54, 1.807) is 24.3 Å². The normalized spacial score (nSPS) is 12.2. The second kappa shape index (κ2) is 7.40. The molecular formula is C20H22N2O3. The number of rotatable bonds is 6. The summed E-state index contributed by atoms with van der Waals surface area (Å²) in [7, 11) is 0. The van der Waals surface area contributed by atoms with Crippen LogP contribution in [0, 0.1) is 6.92 Å². The number of aromatic hydroxyl groups is 1. The molecule has 1 heterocycles. The number of aromatic amines is 1. The van der Waals surface area contributed by atoms with Crippen LogP contribution in [0.25, 0.3) is 10.9 Å². The van der Waals surface area contributed by atoms with Crippen molar-refractivity contribution in [3.8, 4) is 5.75 Å². The van der Waals surface area contributed by atoms with Gasteiger partial charge in [0.1, 0.15) is 5.75 Å². The summed E-state index contributed by atoms with van der Waals surface area (Å²) in [5.41, 5.74) is 4.07. The number of hydrogen-bond donors (Lipinski definition) is 4. The smallest absolute Gasteiger partial charge is 0.224 e. The van der Waals surface area contributed by atoms with Crippen molar-refractivity contribution in [1.29, 1.82) is 0 Å². The summed E-state index contributed by atoms with van der Waals surface area (Å²) in [6.07, 6.45) is 2.63. The van der Waals surface area contributed by atoms with Gasteiger partial charge in [-0.15, -0.1) is 0 Å². The van der Waals surface area contributed by atoms with Gasteiger partial charge in [-0.05, 0) is 48.2 Å². The van der Waals surface area contributed by atoms with Crippen LogP contribution in [-0.4, -0.2) is 33.8 Å². The van der Waals surface area contributed by atoms with Crippen molar-refractivity contribution in [2.24, 2.45) is 0 Å². The quantitative estimate of drug-likeness (QED) is 0.557. The topological polar surface area (TPSA) is 85.3 Å². The molecule has 0 bridgehead atoms. The van der Waals surface area contributed by atoms with E-state index in [2.05, 4.69) is 16.4 Å². The Labute approximate surface area is 146 Å². The molecule has 130 valence electrons. The number of H-pyrrole nitrogens is 1. The average Bonchev–Trinajstić information content (AvgIpc) is 2.98. The number of nitrogens with one attached hydrogen (secondary N) is 2. The zero-order chi connectivity index (χ0) is 17.8. The van der Waals surface area contributed by atoms with Crippen molar-refractivity contribution >= 4 is 16.8 Å². The van der Waals surface area contributed by atoms with E-state index in [1.807, 2.05) is 25.3 Å². The minimum absolute atomic E-state index is 0.126. The molecule has 1 aromatic heterocycles. The van der Waals surface area contributed by atoms with E-state index in [9.17, 15) is 15.0 Å². The van der Waals surface area contributed by atoms with Gasteiger partial charge in [-0.25, -0.2) is 0 Å². The molecule has 0 saturated carbocycles. The first-order valence-corrected chi connectivity index (χ1v) is 8.30. The van der Waals surface area contributed by atoms with E-state index in [-0.39, 0.29) is 30.7 Å². The lowest BCUT2D eigenvalue weighted by molar-refractivity contribution is -0.121. The average molecular weight is 338 g/mol. The maximum atomic E-state index is 12.4.